The molecule has 0 saturated carbocycles. The summed E-state index contributed by atoms with van der Waals surface area (Å²) in [5.74, 6) is 0.582. The number of rotatable bonds is 2. The summed E-state index contributed by atoms with van der Waals surface area (Å²) in [7, 11) is 0. The standard InChI is InChI=1S/C10H6BrN5O2/c11-5-1-2-8(17)6(3-5)10-13-9(15-18-10)7-4-12-16-14-7/h1-4,17H,(H,12,14,16). The first-order valence-electron chi connectivity index (χ1n) is 4.93. The Kier molecular flexibility index (Phi) is 2.56. The first-order valence-corrected chi connectivity index (χ1v) is 5.72. The second-order valence-corrected chi connectivity index (χ2v) is 4.36. The Morgan fingerprint density at radius 3 is 3.00 bits per heavy atom. The van der Waals surface area contributed by atoms with Crippen LogP contribution in [0.5, 0.6) is 5.75 Å². The number of H-pyrrole nitrogens is 1. The fourth-order valence-corrected chi connectivity index (χ4v) is 1.79. The van der Waals surface area contributed by atoms with E-state index in [4.69, 9.17) is 4.52 Å². The number of aromatic nitrogens is 5. The zero-order valence-corrected chi connectivity index (χ0v) is 10.4. The quantitative estimate of drug-likeness (QED) is 0.751. The van der Waals surface area contributed by atoms with Crippen molar-refractivity contribution in [1.29, 1.82) is 0 Å². The molecule has 8 heteroatoms. The predicted octanol–water partition coefficient (Wildman–Crippen LogP) is 1.99. The number of nitrogens with zero attached hydrogens (tertiary/aromatic N) is 4. The molecule has 90 valence electrons. The molecule has 0 radical (unpaired) electrons. The lowest BCUT2D eigenvalue weighted by atomic mass is 10.2. The van der Waals surface area contributed by atoms with Gasteiger partial charge in [0, 0.05) is 4.47 Å². The topological polar surface area (TPSA) is 101 Å². The highest BCUT2D eigenvalue weighted by atomic mass is 79.9. The molecule has 7 nitrogen and oxygen atoms in total. The van der Waals surface area contributed by atoms with Crippen molar-refractivity contribution in [3.8, 4) is 28.7 Å². The first kappa shape index (κ1) is 10.9. The van der Waals surface area contributed by atoms with E-state index >= 15 is 0 Å². The predicted molar refractivity (Wildman–Crippen MR) is 64.5 cm³/mol. The van der Waals surface area contributed by atoms with Gasteiger partial charge in [0.25, 0.3) is 5.89 Å². The van der Waals surface area contributed by atoms with Crippen molar-refractivity contribution in [2.75, 3.05) is 0 Å². The lowest BCUT2D eigenvalue weighted by molar-refractivity contribution is 0.425. The van der Waals surface area contributed by atoms with E-state index in [-0.39, 0.29) is 11.6 Å². The van der Waals surface area contributed by atoms with E-state index in [0.717, 1.165) is 4.47 Å². The maximum Gasteiger partial charge on any atom is 0.262 e. The Hall–Kier alpha value is -2.22. The minimum atomic E-state index is 0.0635. The van der Waals surface area contributed by atoms with Crippen molar-refractivity contribution in [2.45, 2.75) is 0 Å². The molecule has 0 aliphatic carbocycles. The summed E-state index contributed by atoms with van der Waals surface area (Å²) in [6, 6.07) is 4.95. The zero-order chi connectivity index (χ0) is 12.5. The average Bonchev–Trinajstić information content (AvgIpc) is 3.00. The average molecular weight is 308 g/mol. The molecule has 18 heavy (non-hydrogen) atoms. The Labute approximate surface area is 109 Å². The highest BCUT2D eigenvalue weighted by Gasteiger charge is 2.15. The number of aromatic hydroxyl groups is 1. The fourth-order valence-electron chi connectivity index (χ4n) is 1.43. The second kappa shape index (κ2) is 4.22. The van der Waals surface area contributed by atoms with Crippen LogP contribution >= 0.6 is 15.9 Å². The summed E-state index contributed by atoms with van der Waals surface area (Å²) in [4.78, 5) is 4.14. The third-order valence-corrected chi connectivity index (χ3v) is 2.75. The molecule has 0 bridgehead atoms. The fraction of sp³-hybridized carbons (Fsp3) is 0. The Morgan fingerprint density at radius 1 is 1.33 bits per heavy atom. The van der Waals surface area contributed by atoms with Gasteiger partial charge in [-0.2, -0.15) is 20.4 Å². The van der Waals surface area contributed by atoms with Gasteiger partial charge in [-0.1, -0.05) is 21.1 Å². The van der Waals surface area contributed by atoms with E-state index in [9.17, 15) is 5.11 Å². The van der Waals surface area contributed by atoms with E-state index in [1.807, 2.05) is 0 Å². The molecule has 0 unspecified atom stereocenters. The monoisotopic (exact) mass is 307 g/mol. The molecule has 1 aromatic carbocycles. The van der Waals surface area contributed by atoms with Crippen molar-refractivity contribution in [1.82, 2.24) is 25.6 Å². The zero-order valence-electron chi connectivity index (χ0n) is 8.83. The Bertz CT molecular complexity index is 679. The summed E-state index contributed by atoms with van der Waals surface area (Å²) in [6.07, 6.45) is 1.48. The Morgan fingerprint density at radius 2 is 2.22 bits per heavy atom. The SMILES string of the molecule is Oc1ccc(Br)cc1-c1nc(-c2cn[nH]n2)no1. The van der Waals surface area contributed by atoms with Crippen LogP contribution in [-0.2, 0) is 0 Å². The van der Waals surface area contributed by atoms with Gasteiger partial charge in [-0.05, 0) is 18.2 Å². The van der Waals surface area contributed by atoms with E-state index in [1.54, 1.807) is 18.2 Å². The molecule has 0 spiro atoms. The van der Waals surface area contributed by atoms with Crippen molar-refractivity contribution < 1.29 is 9.63 Å². The molecule has 2 N–H and O–H groups in total. The van der Waals surface area contributed by atoms with Gasteiger partial charge in [0.2, 0.25) is 5.82 Å². The van der Waals surface area contributed by atoms with Gasteiger partial charge in [0.1, 0.15) is 5.75 Å². The molecule has 3 rings (SSSR count). The third kappa shape index (κ3) is 1.86. The van der Waals surface area contributed by atoms with Gasteiger partial charge >= 0.3 is 0 Å². The van der Waals surface area contributed by atoms with Crippen molar-refractivity contribution in [3.63, 3.8) is 0 Å². The smallest absolute Gasteiger partial charge is 0.262 e. The molecule has 3 aromatic rings. The molecular formula is C10H6BrN5O2. The molecular weight excluding hydrogens is 302 g/mol. The first-order chi connectivity index (χ1) is 8.74. The van der Waals surface area contributed by atoms with Gasteiger partial charge in [0.15, 0.2) is 5.69 Å². The maximum absolute atomic E-state index is 9.75. The van der Waals surface area contributed by atoms with Crippen LogP contribution < -0.4 is 0 Å². The molecule has 0 aliphatic heterocycles. The van der Waals surface area contributed by atoms with Gasteiger partial charge < -0.3 is 9.63 Å². The summed E-state index contributed by atoms with van der Waals surface area (Å²) >= 11 is 3.31. The van der Waals surface area contributed by atoms with Gasteiger partial charge in [-0.25, -0.2) is 0 Å². The number of aromatic amines is 1. The van der Waals surface area contributed by atoms with Crippen LogP contribution in [0.15, 0.2) is 33.4 Å². The van der Waals surface area contributed by atoms with Crippen molar-refractivity contribution in [3.05, 3.63) is 28.9 Å². The normalized spacial score (nSPS) is 10.7. The van der Waals surface area contributed by atoms with E-state index in [1.165, 1.54) is 6.20 Å². The summed E-state index contributed by atoms with van der Waals surface area (Å²) in [5, 5.41) is 23.5. The number of phenolic OH excluding ortho intramolecular Hbond substituents is 1. The number of phenols is 1. The highest BCUT2D eigenvalue weighted by Crippen LogP contribution is 2.31. The van der Waals surface area contributed by atoms with Crippen LogP contribution in [0, 0.1) is 0 Å². The minimum absolute atomic E-state index is 0.0635. The lowest BCUT2D eigenvalue weighted by Gasteiger charge is -1.98. The van der Waals surface area contributed by atoms with Gasteiger partial charge in [0.05, 0.1) is 11.8 Å². The number of halogens is 1. The Balaban J connectivity index is 2.05. The highest BCUT2D eigenvalue weighted by molar-refractivity contribution is 9.10. The van der Waals surface area contributed by atoms with E-state index in [0.29, 0.717) is 17.1 Å². The minimum Gasteiger partial charge on any atom is -0.507 e. The second-order valence-electron chi connectivity index (χ2n) is 3.44. The van der Waals surface area contributed by atoms with Gasteiger partial charge in [-0.3, -0.25) is 0 Å². The summed E-state index contributed by atoms with van der Waals surface area (Å²) in [5.41, 5.74) is 0.922. The molecule has 2 heterocycles. The molecule has 0 amide bonds. The number of nitrogens with one attached hydrogen (secondary N) is 1. The number of hydrogen-bond acceptors (Lipinski definition) is 6. The van der Waals surface area contributed by atoms with Crippen LogP contribution in [-0.4, -0.2) is 30.7 Å². The van der Waals surface area contributed by atoms with Crippen LogP contribution in [0.4, 0.5) is 0 Å². The molecule has 0 aliphatic rings. The van der Waals surface area contributed by atoms with Crippen LogP contribution in [0.3, 0.4) is 0 Å². The number of hydrogen-bond donors (Lipinski definition) is 2. The largest absolute Gasteiger partial charge is 0.507 e. The van der Waals surface area contributed by atoms with Crippen molar-refractivity contribution >= 4 is 15.9 Å². The van der Waals surface area contributed by atoms with Crippen LogP contribution in [0.25, 0.3) is 23.0 Å². The van der Waals surface area contributed by atoms with Crippen molar-refractivity contribution in [2.24, 2.45) is 0 Å². The molecule has 2 aromatic heterocycles. The van der Waals surface area contributed by atoms with E-state index in [2.05, 4.69) is 41.5 Å². The summed E-state index contributed by atoms with van der Waals surface area (Å²) < 4.78 is 5.89. The summed E-state index contributed by atoms with van der Waals surface area (Å²) in [6.45, 7) is 0. The molecule has 0 saturated heterocycles. The third-order valence-electron chi connectivity index (χ3n) is 2.26. The van der Waals surface area contributed by atoms with Crippen LogP contribution in [0.2, 0.25) is 0 Å². The number of benzene rings is 1. The maximum atomic E-state index is 9.75. The molecule has 0 atom stereocenters. The lowest BCUT2D eigenvalue weighted by Crippen LogP contribution is -1.82. The molecule has 0 fully saturated rings. The van der Waals surface area contributed by atoms with Crippen LogP contribution in [0.1, 0.15) is 0 Å². The van der Waals surface area contributed by atoms with E-state index < -0.39 is 0 Å². The van der Waals surface area contributed by atoms with Gasteiger partial charge in [-0.15, -0.1) is 0 Å².